The van der Waals surface area contributed by atoms with Crippen LogP contribution in [0.3, 0.4) is 0 Å². The topological polar surface area (TPSA) is 67.3 Å². The number of hydrogen-bond donors (Lipinski definition) is 1. The van der Waals surface area contributed by atoms with Gasteiger partial charge in [-0.05, 0) is 47.4 Å². The van der Waals surface area contributed by atoms with Gasteiger partial charge in [-0.2, -0.15) is 0 Å². The van der Waals surface area contributed by atoms with E-state index in [1.165, 1.54) is 18.3 Å². The van der Waals surface area contributed by atoms with E-state index in [9.17, 15) is 13.5 Å². The first-order valence-electron chi connectivity index (χ1n) is 7.63. The van der Waals surface area contributed by atoms with Gasteiger partial charge < -0.3 is 5.11 Å². The maximum Gasteiger partial charge on any atom is 0.207 e. The molecule has 3 rings (SSSR count). The second-order valence-electron chi connectivity index (χ2n) is 6.76. The SMILES string of the molecule is CC(C)(C)c1ccc(S(=O)(=O)c2ccc(O)c3ncccc23)cc1. The monoisotopic (exact) mass is 341 g/mol. The van der Waals surface area contributed by atoms with Gasteiger partial charge in [-0.25, -0.2) is 8.42 Å². The van der Waals surface area contributed by atoms with Crippen molar-refractivity contribution in [1.82, 2.24) is 4.98 Å². The molecule has 0 fully saturated rings. The maximum atomic E-state index is 13.0. The second kappa shape index (κ2) is 5.60. The van der Waals surface area contributed by atoms with Gasteiger partial charge in [0.25, 0.3) is 0 Å². The summed E-state index contributed by atoms with van der Waals surface area (Å²) >= 11 is 0. The Labute approximate surface area is 141 Å². The van der Waals surface area contributed by atoms with Crippen molar-refractivity contribution in [2.24, 2.45) is 0 Å². The minimum atomic E-state index is -3.70. The van der Waals surface area contributed by atoms with Crippen LogP contribution in [0.1, 0.15) is 26.3 Å². The van der Waals surface area contributed by atoms with Crippen LogP contribution in [-0.4, -0.2) is 18.5 Å². The Balaban J connectivity index is 2.17. The second-order valence-corrected chi connectivity index (χ2v) is 8.68. The fraction of sp³-hybridized carbons (Fsp3) is 0.211. The molecular weight excluding hydrogens is 322 g/mol. The van der Waals surface area contributed by atoms with Crippen molar-refractivity contribution in [1.29, 1.82) is 0 Å². The highest BCUT2D eigenvalue weighted by Crippen LogP contribution is 2.32. The van der Waals surface area contributed by atoms with Crippen molar-refractivity contribution >= 4 is 20.7 Å². The third-order valence-corrected chi connectivity index (χ3v) is 5.86. The van der Waals surface area contributed by atoms with Crippen LogP contribution in [0, 0.1) is 0 Å². The Morgan fingerprint density at radius 3 is 2.25 bits per heavy atom. The number of phenolic OH excluding ortho intramolecular Hbond substituents is 1. The molecule has 3 aromatic rings. The van der Waals surface area contributed by atoms with Crippen LogP contribution in [0.25, 0.3) is 10.9 Å². The number of fused-ring (bicyclic) bond motifs is 1. The fourth-order valence-corrected chi connectivity index (χ4v) is 4.08. The van der Waals surface area contributed by atoms with Crippen LogP contribution in [0.4, 0.5) is 0 Å². The Morgan fingerprint density at radius 2 is 1.62 bits per heavy atom. The van der Waals surface area contributed by atoms with Gasteiger partial charge >= 0.3 is 0 Å². The van der Waals surface area contributed by atoms with Gasteiger partial charge in [0.2, 0.25) is 9.84 Å². The molecule has 1 N–H and O–H groups in total. The van der Waals surface area contributed by atoms with Gasteiger partial charge in [0, 0.05) is 11.6 Å². The van der Waals surface area contributed by atoms with Gasteiger partial charge in [0.1, 0.15) is 11.3 Å². The standard InChI is InChI=1S/C19H19NO3S/c1-19(2,3)13-6-8-14(9-7-13)24(22,23)17-11-10-16(21)18-15(17)5-4-12-20-18/h4-12,21H,1-3H3. The third-order valence-electron chi connectivity index (χ3n) is 4.03. The van der Waals surface area contributed by atoms with E-state index in [1.54, 1.807) is 24.3 Å². The highest BCUT2D eigenvalue weighted by Gasteiger charge is 2.22. The molecule has 0 saturated carbocycles. The van der Waals surface area contributed by atoms with Gasteiger partial charge in [-0.3, -0.25) is 4.98 Å². The van der Waals surface area contributed by atoms with Crippen LogP contribution >= 0.6 is 0 Å². The molecule has 24 heavy (non-hydrogen) atoms. The van der Waals surface area contributed by atoms with Crippen molar-refractivity contribution in [3.05, 3.63) is 60.3 Å². The molecule has 2 aromatic carbocycles. The van der Waals surface area contributed by atoms with Crippen molar-refractivity contribution in [3.8, 4) is 5.75 Å². The van der Waals surface area contributed by atoms with Crippen LogP contribution in [0.15, 0.2) is 64.5 Å². The lowest BCUT2D eigenvalue weighted by atomic mass is 9.87. The van der Waals surface area contributed by atoms with E-state index < -0.39 is 9.84 Å². The van der Waals surface area contributed by atoms with E-state index in [0.717, 1.165) is 5.56 Å². The number of pyridine rings is 1. The molecule has 4 nitrogen and oxygen atoms in total. The highest BCUT2D eigenvalue weighted by atomic mass is 32.2. The molecule has 1 heterocycles. The number of benzene rings is 2. The summed E-state index contributed by atoms with van der Waals surface area (Å²) in [5.41, 5.74) is 1.31. The number of rotatable bonds is 2. The summed E-state index contributed by atoms with van der Waals surface area (Å²) in [6.07, 6.45) is 1.52. The van der Waals surface area contributed by atoms with Crippen LogP contribution in [-0.2, 0) is 15.3 Å². The molecule has 0 amide bonds. The van der Waals surface area contributed by atoms with E-state index in [0.29, 0.717) is 5.39 Å². The summed E-state index contributed by atoms with van der Waals surface area (Å²) in [7, 11) is -3.70. The number of aromatic hydroxyl groups is 1. The van der Waals surface area contributed by atoms with Crippen molar-refractivity contribution in [3.63, 3.8) is 0 Å². The number of sulfone groups is 1. The smallest absolute Gasteiger partial charge is 0.207 e. The summed E-state index contributed by atoms with van der Waals surface area (Å²) in [6, 6.07) is 13.0. The zero-order chi connectivity index (χ0) is 17.5. The first kappa shape index (κ1) is 16.5. The van der Waals surface area contributed by atoms with Crippen LogP contribution in [0.5, 0.6) is 5.75 Å². The number of nitrogens with zero attached hydrogens (tertiary/aromatic N) is 1. The fourth-order valence-electron chi connectivity index (χ4n) is 2.63. The van der Waals surface area contributed by atoms with E-state index in [-0.39, 0.29) is 26.5 Å². The number of hydrogen-bond acceptors (Lipinski definition) is 4. The molecule has 1 aromatic heterocycles. The van der Waals surface area contributed by atoms with Gasteiger partial charge in [-0.1, -0.05) is 32.9 Å². The van der Waals surface area contributed by atoms with Crippen molar-refractivity contribution in [2.45, 2.75) is 36.0 Å². The summed E-state index contributed by atoms with van der Waals surface area (Å²) < 4.78 is 26.0. The van der Waals surface area contributed by atoms with Crippen LogP contribution in [0.2, 0.25) is 0 Å². The van der Waals surface area contributed by atoms with E-state index >= 15 is 0 Å². The molecule has 0 aliphatic carbocycles. The van der Waals surface area contributed by atoms with Crippen LogP contribution < -0.4 is 0 Å². The minimum Gasteiger partial charge on any atom is -0.506 e. The van der Waals surface area contributed by atoms with Crippen molar-refractivity contribution in [2.75, 3.05) is 0 Å². The Bertz CT molecular complexity index is 1000. The Morgan fingerprint density at radius 1 is 0.958 bits per heavy atom. The average Bonchev–Trinajstić information content (AvgIpc) is 2.54. The van der Waals surface area contributed by atoms with Gasteiger partial charge in [-0.15, -0.1) is 0 Å². The zero-order valence-electron chi connectivity index (χ0n) is 13.8. The van der Waals surface area contributed by atoms with Gasteiger partial charge in [0.05, 0.1) is 9.79 Å². The number of aromatic nitrogens is 1. The first-order valence-corrected chi connectivity index (χ1v) is 9.12. The summed E-state index contributed by atoms with van der Waals surface area (Å²) in [5, 5.41) is 10.3. The quantitative estimate of drug-likeness (QED) is 0.763. The predicted octanol–water partition coefficient (Wildman–Crippen LogP) is 4.07. The molecule has 0 aliphatic heterocycles. The molecule has 0 bridgehead atoms. The Kier molecular flexibility index (Phi) is 3.84. The highest BCUT2D eigenvalue weighted by molar-refractivity contribution is 7.91. The average molecular weight is 341 g/mol. The lowest BCUT2D eigenvalue weighted by Gasteiger charge is -2.19. The molecule has 0 saturated heterocycles. The van der Waals surface area contributed by atoms with E-state index in [2.05, 4.69) is 25.8 Å². The minimum absolute atomic E-state index is 0.0346. The molecule has 124 valence electrons. The molecule has 0 spiro atoms. The molecule has 0 radical (unpaired) electrons. The summed E-state index contributed by atoms with van der Waals surface area (Å²) in [6.45, 7) is 6.24. The molecule has 0 aliphatic rings. The predicted molar refractivity (Wildman–Crippen MR) is 94.0 cm³/mol. The number of phenols is 1. The molecule has 0 unspecified atom stereocenters. The molecule has 0 atom stereocenters. The summed E-state index contributed by atoms with van der Waals surface area (Å²) in [5.74, 6) is -0.0346. The van der Waals surface area contributed by atoms with Crippen molar-refractivity contribution < 1.29 is 13.5 Å². The third kappa shape index (κ3) is 2.76. The zero-order valence-corrected chi connectivity index (χ0v) is 14.6. The maximum absolute atomic E-state index is 13.0. The summed E-state index contributed by atoms with van der Waals surface area (Å²) in [4.78, 5) is 4.45. The lowest BCUT2D eigenvalue weighted by Crippen LogP contribution is -2.11. The first-order chi connectivity index (χ1) is 11.2. The van der Waals surface area contributed by atoms with Gasteiger partial charge in [0.15, 0.2) is 0 Å². The molecule has 5 heteroatoms. The molecular formula is C19H19NO3S. The lowest BCUT2D eigenvalue weighted by molar-refractivity contribution is 0.480. The van der Waals surface area contributed by atoms with E-state index in [4.69, 9.17) is 0 Å². The Hall–Kier alpha value is -2.40. The van der Waals surface area contributed by atoms with E-state index in [1.807, 2.05) is 12.1 Å². The largest absolute Gasteiger partial charge is 0.506 e. The normalized spacial score (nSPS) is 12.5.